The molecule has 0 atom stereocenters. The highest BCUT2D eigenvalue weighted by atomic mass is 16.4. The van der Waals surface area contributed by atoms with Crippen LogP contribution in [0.5, 0.6) is 0 Å². The number of aromatic nitrogens is 2. The number of carbonyl (C=O) groups is 1. The Morgan fingerprint density at radius 3 is 2.59 bits per heavy atom. The second-order valence-corrected chi connectivity index (χ2v) is 8.54. The molecule has 0 bridgehead atoms. The largest absolute Gasteiger partial charge is 0.422 e. The first-order chi connectivity index (χ1) is 15.4. The molecule has 4 aromatic rings. The summed E-state index contributed by atoms with van der Waals surface area (Å²) in [6, 6.07) is 12.0. The SMILES string of the molecule is Cc1ccc2oc(=O)c3cnn(CC(=O)N4CCN(c5cccc(C)c5C)CC4)c3c2c1. The normalized spacial score (nSPS) is 14.5. The Kier molecular flexibility index (Phi) is 4.96. The van der Waals surface area contributed by atoms with Gasteiger partial charge in [-0.05, 0) is 50.1 Å². The number of carbonyl (C=O) groups excluding carboxylic acids is 1. The summed E-state index contributed by atoms with van der Waals surface area (Å²) in [5.74, 6) is 0.00431. The number of aryl methyl sites for hydroxylation is 2. The molecule has 164 valence electrons. The van der Waals surface area contributed by atoms with Gasteiger partial charge in [-0.2, -0.15) is 5.10 Å². The minimum atomic E-state index is -0.433. The first-order valence-electron chi connectivity index (χ1n) is 10.9. The molecule has 1 amide bonds. The number of fused-ring (bicyclic) bond motifs is 3. The third-order valence-corrected chi connectivity index (χ3v) is 6.49. The van der Waals surface area contributed by atoms with E-state index in [1.807, 2.05) is 24.0 Å². The molecule has 0 aliphatic carbocycles. The van der Waals surface area contributed by atoms with Crippen molar-refractivity contribution in [2.24, 2.45) is 0 Å². The van der Waals surface area contributed by atoms with Gasteiger partial charge in [-0.3, -0.25) is 9.48 Å². The van der Waals surface area contributed by atoms with Crippen LogP contribution in [-0.2, 0) is 11.3 Å². The molecule has 7 heteroatoms. The number of rotatable bonds is 3. The van der Waals surface area contributed by atoms with Crippen LogP contribution in [0, 0.1) is 20.8 Å². The molecule has 0 N–H and O–H groups in total. The molecule has 2 aromatic carbocycles. The molecule has 1 saturated heterocycles. The fourth-order valence-corrected chi connectivity index (χ4v) is 4.51. The monoisotopic (exact) mass is 430 g/mol. The summed E-state index contributed by atoms with van der Waals surface area (Å²) in [4.78, 5) is 29.7. The van der Waals surface area contributed by atoms with Crippen LogP contribution in [0.3, 0.4) is 0 Å². The minimum absolute atomic E-state index is 0.00431. The van der Waals surface area contributed by atoms with Gasteiger partial charge in [0.05, 0.1) is 11.7 Å². The molecular weight excluding hydrogens is 404 g/mol. The molecule has 0 spiro atoms. The lowest BCUT2D eigenvalue weighted by molar-refractivity contribution is -0.132. The van der Waals surface area contributed by atoms with Crippen LogP contribution in [0.4, 0.5) is 5.69 Å². The topological polar surface area (TPSA) is 71.6 Å². The number of nitrogens with zero attached hydrogens (tertiary/aromatic N) is 4. The van der Waals surface area contributed by atoms with Crippen molar-refractivity contribution in [3.63, 3.8) is 0 Å². The summed E-state index contributed by atoms with van der Waals surface area (Å²) >= 11 is 0. The number of amides is 1. The van der Waals surface area contributed by atoms with E-state index >= 15 is 0 Å². The maximum Gasteiger partial charge on any atom is 0.347 e. The maximum atomic E-state index is 13.1. The van der Waals surface area contributed by atoms with Gasteiger partial charge in [-0.1, -0.05) is 23.8 Å². The smallest absolute Gasteiger partial charge is 0.347 e. The van der Waals surface area contributed by atoms with Crippen LogP contribution >= 0.6 is 0 Å². The predicted molar refractivity (Wildman–Crippen MR) is 125 cm³/mol. The Morgan fingerprint density at radius 1 is 1.03 bits per heavy atom. The van der Waals surface area contributed by atoms with Crippen LogP contribution in [-0.4, -0.2) is 46.8 Å². The number of anilines is 1. The van der Waals surface area contributed by atoms with Gasteiger partial charge in [0.15, 0.2) is 0 Å². The molecule has 0 unspecified atom stereocenters. The van der Waals surface area contributed by atoms with E-state index in [4.69, 9.17) is 4.42 Å². The Hall–Kier alpha value is -3.61. The zero-order valence-corrected chi connectivity index (χ0v) is 18.6. The van der Waals surface area contributed by atoms with Crippen molar-refractivity contribution in [3.05, 3.63) is 69.7 Å². The Morgan fingerprint density at radius 2 is 1.81 bits per heavy atom. The van der Waals surface area contributed by atoms with Gasteiger partial charge in [0.1, 0.15) is 17.5 Å². The molecule has 0 radical (unpaired) electrons. The van der Waals surface area contributed by atoms with E-state index in [9.17, 15) is 9.59 Å². The molecule has 3 heterocycles. The molecular formula is C25H26N4O3. The zero-order chi connectivity index (χ0) is 22.4. The van der Waals surface area contributed by atoms with E-state index < -0.39 is 5.63 Å². The highest BCUT2D eigenvalue weighted by molar-refractivity contribution is 6.02. The molecule has 1 fully saturated rings. The summed E-state index contributed by atoms with van der Waals surface area (Å²) in [5.41, 5.74) is 5.58. The summed E-state index contributed by atoms with van der Waals surface area (Å²) < 4.78 is 7.06. The summed E-state index contributed by atoms with van der Waals surface area (Å²) in [7, 11) is 0. The highest BCUT2D eigenvalue weighted by Crippen LogP contribution is 2.25. The molecule has 32 heavy (non-hydrogen) atoms. The van der Waals surface area contributed by atoms with Gasteiger partial charge < -0.3 is 14.2 Å². The van der Waals surface area contributed by atoms with E-state index in [2.05, 4.69) is 42.0 Å². The lowest BCUT2D eigenvalue weighted by Gasteiger charge is -2.37. The summed E-state index contributed by atoms with van der Waals surface area (Å²) in [6.07, 6.45) is 1.49. The average Bonchev–Trinajstić information content (AvgIpc) is 3.21. The number of hydrogen-bond donors (Lipinski definition) is 0. The molecule has 7 nitrogen and oxygen atoms in total. The fraction of sp³-hybridized carbons (Fsp3) is 0.320. The molecule has 1 aliphatic rings. The number of benzene rings is 2. The lowest BCUT2D eigenvalue weighted by atomic mass is 10.1. The van der Waals surface area contributed by atoms with Crippen molar-refractivity contribution in [3.8, 4) is 0 Å². The number of piperazine rings is 1. The quantitative estimate of drug-likeness (QED) is 0.466. The zero-order valence-electron chi connectivity index (χ0n) is 18.6. The lowest BCUT2D eigenvalue weighted by Crippen LogP contribution is -2.49. The number of hydrogen-bond acceptors (Lipinski definition) is 5. The van der Waals surface area contributed by atoms with E-state index in [-0.39, 0.29) is 12.5 Å². The molecule has 0 saturated carbocycles. The fourth-order valence-electron chi connectivity index (χ4n) is 4.51. The second kappa shape index (κ2) is 7.82. The second-order valence-electron chi connectivity index (χ2n) is 8.54. The van der Waals surface area contributed by atoms with Gasteiger partial charge in [0, 0.05) is 37.3 Å². The van der Waals surface area contributed by atoms with Gasteiger partial charge in [-0.15, -0.1) is 0 Å². The van der Waals surface area contributed by atoms with E-state index in [1.165, 1.54) is 23.0 Å². The van der Waals surface area contributed by atoms with Crippen molar-refractivity contribution in [1.82, 2.24) is 14.7 Å². The van der Waals surface area contributed by atoms with Crippen LogP contribution in [0.1, 0.15) is 16.7 Å². The third-order valence-electron chi connectivity index (χ3n) is 6.49. The van der Waals surface area contributed by atoms with Crippen LogP contribution in [0.15, 0.2) is 51.8 Å². The maximum absolute atomic E-state index is 13.1. The highest BCUT2D eigenvalue weighted by Gasteiger charge is 2.24. The average molecular weight is 431 g/mol. The summed E-state index contributed by atoms with van der Waals surface area (Å²) in [6.45, 7) is 9.26. The van der Waals surface area contributed by atoms with Crippen LogP contribution < -0.4 is 10.5 Å². The van der Waals surface area contributed by atoms with Crippen molar-refractivity contribution >= 4 is 33.5 Å². The van der Waals surface area contributed by atoms with Crippen molar-refractivity contribution in [2.45, 2.75) is 27.3 Å². The third kappa shape index (κ3) is 3.43. The standard InChI is InChI=1S/C25H26N4O3/c1-16-7-8-22-19(13-16)24-20(25(31)32-22)14-26-29(24)15-23(30)28-11-9-27(10-12-28)21-6-4-5-17(2)18(21)3/h4-8,13-14H,9-12,15H2,1-3H3. The van der Waals surface area contributed by atoms with E-state index in [0.29, 0.717) is 29.6 Å². The van der Waals surface area contributed by atoms with E-state index in [0.717, 1.165) is 24.0 Å². The minimum Gasteiger partial charge on any atom is -0.422 e. The van der Waals surface area contributed by atoms with Gasteiger partial charge in [-0.25, -0.2) is 4.79 Å². The molecule has 2 aromatic heterocycles. The van der Waals surface area contributed by atoms with Crippen molar-refractivity contribution in [2.75, 3.05) is 31.1 Å². The van der Waals surface area contributed by atoms with Crippen molar-refractivity contribution < 1.29 is 9.21 Å². The molecule has 5 rings (SSSR count). The Labute approximate surface area is 185 Å². The van der Waals surface area contributed by atoms with E-state index in [1.54, 1.807) is 10.7 Å². The molecule has 1 aliphatic heterocycles. The van der Waals surface area contributed by atoms with Crippen molar-refractivity contribution in [1.29, 1.82) is 0 Å². The van der Waals surface area contributed by atoms with Crippen LogP contribution in [0.2, 0.25) is 0 Å². The first-order valence-corrected chi connectivity index (χ1v) is 10.9. The Balaban J connectivity index is 1.37. The predicted octanol–water partition coefficient (Wildman–Crippen LogP) is 3.42. The van der Waals surface area contributed by atoms with Gasteiger partial charge >= 0.3 is 5.63 Å². The van der Waals surface area contributed by atoms with Gasteiger partial charge in [0.25, 0.3) is 0 Å². The Bertz CT molecular complexity index is 1390. The first kappa shape index (κ1) is 20.3. The van der Waals surface area contributed by atoms with Crippen LogP contribution in [0.25, 0.3) is 21.9 Å². The van der Waals surface area contributed by atoms with Gasteiger partial charge in [0.2, 0.25) is 5.91 Å². The summed E-state index contributed by atoms with van der Waals surface area (Å²) in [5, 5.41) is 5.55.